The van der Waals surface area contributed by atoms with Gasteiger partial charge in [0.2, 0.25) is 0 Å². The second-order valence-corrected chi connectivity index (χ2v) is 8.74. The molecule has 2 aromatic carbocycles. The lowest BCUT2D eigenvalue weighted by molar-refractivity contribution is -0.136. The van der Waals surface area contributed by atoms with E-state index in [1.807, 2.05) is 0 Å². The van der Waals surface area contributed by atoms with Gasteiger partial charge in [0.15, 0.2) is 0 Å². The number of hydrogen-bond acceptors (Lipinski definition) is 4. The highest BCUT2D eigenvalue weighted by Gasteiger charge is 2.34. The Morgan fingerprint density at radius 1 is 1.00 bits per heavy atom. The summed E-state index contributed by atoms with van der Waals surface area (Å²) in [5, 5.41) is 5.07. The van der Waals surface area contributed by atoms with Crippen LogP contribution in [0.4, 0.5) is 33.9 Å². The van der Waals surface area contributed by atoms with Gasteiger partial charge in [-0.05, 0) is 55.0 Å². The number of carbonyl (C=O) groups is 2. The van der Waals surface area contributed by atoms with Crippen molar-refractivity contribution in [2.45, 2.75) is 13.1 Å². The Hall–Kier alpha value is -3.11. The van der Waals surface area contributed by atoms with E-state index in [-0.39, 0.29) is 26.2 Å². The average Bonchev–Trinajstić information content (AvgIpc) is 3.07. The Labute approximate surface area is 196 Å². The molecule has 0 fully saturated rings. The highest BCUT2D eigenvalue weighted by atomic mass is 35.5. The van der Waals surface area contributed by atoms with Crippen LogP contribution in [-0.2, 0) is 6.18 Å². The zero-order chi connectivity index (χ0) is 24.5. The van der Waals surface area contributed by atoms with E-state index in [9.17, 15) is 27.2 Å². The van der Waals surface area contributed by atoms with Gasteiger partial charge in [-0.2, -0.15) is 13.2 Å². The quantitative estimate of drug-likeness (QED) is 0.397. The molecule has 0 radical (unpaired) electrons. The monoisotopic (exact) mass is 499 g/mol. The van der Waals surface area contributed by atoms with Crippen LogP contribution in [-0.4, -0.2) is 25.9 Å². The zero-order valence-electron chi connectivity index (χ0n) is 17.6. The van der Waals surface area contributed by atoms with Gasteiger partial charge in [0.05, 0.1) is 31.7 Å². The SMILES string of the molecule is Cc1cc(NC(=O)c2ccc(F)cc2Cl)sc1C(=O)Nc1ccc(N(C)C)cc1C(F)(F)F. The molecule has 1 aromatic heterocycles. The van der Waals surface area contributed by atoms with Crippen LogP contribution in [0, 0.1) is 12.7 Å². The van der Waals surface area contributed by atoms with Crippen LogP contribution in [0.25, 0.3) is 0 Å². The maximum absolute atomic E-state index is 13.5. The molecule has 2 amide bonds. The third-order valence-corrected chi connectivity index (χ3v) is 6.07. The van der Waals surface area contributed by atoms with Crippen molar-refractivity contribution in [3.05, 3.63) is 74.9 Å². The summed E-state index contributed by atoms with van der Waals surface area (Å²) in [6.07, 6.45) is -4.67. The minimum Gasteiger partial charge on any atom is -0.378 e. The van der Waals surface area contributed by atoms with Gasteiger partial charge >= 0.3 is 6.18 Å². The molecule has 0 aliphatic rings. The molecule has 11 heteroatoms. The van der Waals surface area contributed by atoms with Crippen molar-refractivity contribution in [1.82, 2.24) is 0 Å². The molecule has 0 spiro atoms. The number of nitrogens with one attached hydrogen (secondary N) is 2. The molecule has 1 heterocycles. The second-order valence-electron chi connectivity index (χ2n) is 7.28. The molecule has 0 aliphatic heterocycles. The first-order valence-electron chi connectivity index (χ1n) is 9.43. The number of anilines is 3. The summed E-state index contributed by atoms with van der Waals surface area (Å²) in [6.45, 7) is 1.59. The Morgan fingerprint density at radius 3 is 2.30 bits per heavy atom. The third kappa shape index (κ3) is 5.63. The minimum absolute atomic E-state index is 0.0333. The Bertz CT molecular complexity index is 1220. The topological polar surface area (TPSA) is 61.4 Å². The van der Waals surface area contributed by atoms with E-state index in [2.05, 4.69) is 10.6 Å². The van der Waals surface area contributed by atoms with Crippen molar-refractivity contribution >= 4 is 51.1 Å². The highest BCUT2D eigenvalue weighted by molar-refractivity contribution is 7.18. The van der Waals surface area contributed by atoms with E-state index >= 15 is 0 Å². The molecule has 0 bridgehead atoms. The molecular weight excluding hydrogens is 482 g/mol. The van der Waals surface area contributed by atoms with Gasteiger partial charge in [-0.1, -0.05) is 11.6 Å². The van der Waals surface area contributed by atoms with Crippen LogP contribution in [0.5, 0.6) is 0 Å². The number of alkyl halides is 3. The first-order valence-corrected chi connectivity index (χ1v) is 10.6. The van der Waals surface area contributed by atoms with Gasteiger partial charge in [0.1, 0.15) is 5.82 Å². The molecule has 0 atom stereocenters. The summed E-state index contributed by atoms with van der Waals surface area (Å²) in [6, 6.07) is 8.41. The molecule has 0 saturated carbocycles. The fourth-order valence-corrected chi connectivity index (χ4v) is 4.17. The van der Waals surface area contributed by atoms with Crippen LogP contribution in [0.15, 0.2) is 42.5 Å². The van der Waals surface area contributed by atoms with Crippen LogP contribution >= 0.6 is 22.9 Å². The number of aryl methyl sites for hydroxylation is 1. The number of nitrogens with zero attached hydrogens (tertiary/aromatic N) is 1. The second kappa shape index (κ2) is 9.40. The van der Waals surface area contributed by atoms with E-state index < -0.39 is 29.4 Å². The summed E-state index contributed by atoms with van der Waals surface area (Å²) in [5.41, 5.74) is -0.537. The molecular formula is C22H18ClF4N3O2S. The third-order valence-electron chi connectivity index (χ3n) is 4.61. The van der Waals surface area contributed by atoms with Crippen LogP contribution < -0.4 is 15.5 Å². The van der Waals surface area contributed by atoms with Crippen LogP contribution in [0.3, 0.4) is 0 Å². The summed E-state index contributed by atoms with van der Waals surface area (Å²) in [7, 11) is 3.22. The number of halogens is 5. The predicted molar refractivity (Wildman–Crippen MR) is 122 cm³/mol. The number of thiophene rings is 1. The largest absolute Gasteiger partial charge is 0.418 e. The van der Waals surface area contributed by atoms with Gasteiger partial charge < -0.3 is 15.5 Å². The molecule has 33 heavy (non-hydrogen) atoms. The molecule has 3 aromatic rings. The van der Waals surface area contributed by atoms with E-state index in [1.54, 1.807) is 21.0 Å². The van der Waals surface area contributed by atoms with Crippen molar-refractivity contribution < 1.29 is 27.2 Å². The fourth-order valence-electron chi connectivity index (χ4n) is 2.96. The molecule has 5 nitrogen and oxygen atoms in total. The number of amides is 2. The molecule has 0 saturated heterocycles. The normalized spacial score (nSPS) is 11.3. The van der Waals surface area contributed by atoms with Gasteiger partial charge in [-0.25, -0.2) is 4.39 Å². The minimum atomic E-state index is -4.67. The smallest absolute Gasteiger partial charge is 0.378 e. The Morgan fingerprint density at radius 2 is 1.70 bits per heavy atom. The molecule has 0 unspecified atom stereocenters. The van der Waals surface area contributed by atoms with Gasteiger partial charge in [-0.3, -0.25) is 9.59 Å². The molecule has 2 N–H and O–H groups in total. The summed E-state index contributed by atoms with van der Waals surface area (Å²) >= 11 is 6.78. The molecule has 3 rings (SSSR count). The number of benzene rings is 2. The van der Waals surface area contributed by atoms with Crippen molar-refractivity contribution in [2.75, 3.05) is 29.6 Å². The lowest BCUT2D eigenvalue weighted by Crippen LogP contribution is -2.18. The van der Waals surface area contributed by atoms with Crippen molar-refractivity contribution in [2.24, 2.45) is 0 Å². The van der Waals surface area contributed by atoms with Crippen LogP contribution in [0.1, 0.15) is 31.2 Å². The lowest BCUT2D eigenvalue weighted by atomic mass is 10.1. The summed E-state index contributed by atoms with van der Waals surface area (Å²) in [5.74, 6) is -1.97. The Kier molecular flexibility index (Phi) is 6.99. The maximum Gasteiger partial charge on any atom is 0.418 e. The van der Waals surface area contributed by atoms with E-state index in [1.165, 1.54) is 29.2 Å². The highest BCUT2D eigenvalue weighted by Crippen LogP contribution is 2.38. The first-order chi connectivity index (χ1) is 15.4. The standard InChI is InChI=1S/C22H18ClF4N3O2S/c1-11-8-18(29-20(31)14-6-4-12(24)9-16(14)23)33-19(11)21(32)28-17-7-5-13(30(2)3)10-15(17)22(25,26)27/h4-10H,1-3H3,(H,28,32)(H,29,31). The van der Waals surface area contributed by atoms with Crippen molar-refractivity contribution in [3.8, 4) is 0 Å². The lowest BCUT2D eigenvalue weighted by Gasteiger charge is -2.18. The van der Waals surface area contributed by atoms with E-state index in [4.69, 9.17) is 11.6 Å². The van der Waals surface area contributed by atoms with Gasteiger partial charge in [0.25, 0.3) is 11.8 Å². The predicted octanol–water partition coefficient (Wildman–Crippen LogP) is 6.44. The summed E-state index contributed by atoms with van der Waals surface area (Å²) < 4.78 is 53.8. The maximum atomic E-state index is 13.5. The van der Waals surface area contributed by atoms with Crippen molar-refractivity contribution in [1.29, 1.82) is 0 Å². The van der Waals surface area contributed by atoms with Gasteiger partial charge in [0, 0.05) is 19.8 Å². The van der Waals surface area contributed by atoms with Crippen LogP contribution in [0.2, 0.25) is 5.02 Å². The zero-order valence-corrected chi connectivity index (χ0v) is 19.2. The fraction of sp³-hybridized carbons (Fsp3) is 0.182. The van der Waals surface area contributed by atoms with Gasteiger partial charge in [-0.15, -0.1) is 11.3 Å². The van der Waals surface area contributed by atoms with Crippen molar-refractivity contribution in [3.63, 3.8) is 0 Å². The average molecular weight is 500 g/mol. The Balaban J connectivity index is 1.83. The number of carbonyl (C=O) groups excluding carboxylic acids is 2. The summed E-state index contributed by atoms with van der Waals surface area (Å²) in [4.78, 5) is 26.8. The van der Waals surface area contributed by atoms with E-state index in [0.29, 0.717) is 11.3 Å². The number of rotatable bonds is 5. The molecule has 0 aliphatic carbocycles. The van der Waals surface area contributed by atoms with E-state index in [0.717, 1.165) is 29.5 Å². The first kappa shape index (κ1) is 24.5. The molecule has 174 valence electrons. The number of hydrogen-bond donors (Lipinski definition) is 2.